The highest BCUT2D eigenvalue weighted by Gasteiger charge is 2.54. The number of rotatable bonds is 2. The molecule has 2 heterocycles. The van der Waals surface area contributed by atoms with Gasteiger partial charge in [-0.15, -0.1) is 0 Å². The second-order valence-electron chi connectivity index (χ2n) is 6.08. The van der Waals surface area contributed by atoms with Crippen molar-refractivity contribution < 1.29 is 29.0 Å². The standard InChI is InChI=1S/C15H17NO7/c17-11-7-15(22-3-4-23-15)6-10(14(11)16(18)19)9-1-2-12-13(5-9)21-8-20-12/h1-2,5,10-11,14,17H,3-4,6-8H2/t10-,11+,14-/m1/s1. The molecule has 3 aliphatic rings. The lowest BCUT2D eigenvalue weighted by Gasteiger charge is -2.40. The molecule has 0 unspecified atom stereocenters. The fourth-order valence-corrected chi connectivity index (χ4v) is 3.73. The van der Waals surface area contributed by atoms with Gasteiger partial charge < -0.3 is 24.1 Å². The van der Waals surface area contributed by atoms with E-state index in [0.29, 0.717) is 36.7 Å². The molecule has 1 N–H and O–H groups in total. The van der Waals surface area contributed by atoms with Gasteiger partial charge in [-0.05, 0) is 17.7 Å². The lowest BCUT2D eigenvalue weighted by molar-refractivity contribution is -0.546. The highest BCUT2D eigenvalue weighted by atomic mass is 16.7. The van der Waals surface area contributed by atoms with Crippen LogP contribution < -0.4 is 9.47 Å². The number of hydrogen-bond donors (Lipinski definition) is 1. The Morgan fingerprint density at radius 2 is 1.91 bits per heavy atom. The summed E-state index contributed by atoms with van der Waals surface area (Å²) in [5, 5.41) is 21.8. The number of aliphatic hydroxyl groups excluding tert-OH is 1. The van der Waals surface area contributed by atoms with Crippen molar-refractivity contribution in [2.75, 3.05) is 20.0 Å². The van der Waals surface area contributed by atoms with E-state index in [1.807, 2.05) is 0 Å². The van der Waals surface area contributed by atoms with Gasteiger partial charge in [0.05, 0.1) is 19.1 Å². The lowest BCUT2D eigenvalue weighted by atomic mass is 9.75. The Morgan fingerprint density at radius 3 is 2.65 bits per heavy atom. The Kier molecular flexibility index (Phi) is 3.40. The predicted octanol–water partition coefficient (Wildman–Crippen LogP) is 1.04. The average molecular weight is 323 g/mol. The predicted molar refractivity (Wildman–Crippen MR) is 76.0 cm³/mol. The Morgan fingerprint density at radius 1 is 1.17 bits per heavy atom. The first-order chi connectivity index (χ1) is 11.1. The van der Waals surface area contributed by atoms with Crippen LogP contribution in [0.5, 0.6) is 11.5 Å². The van der Waals surface area contributed by atoms with Gasteiger partial charge in [-0.1, -0.05) is 6.07 Å². The molecular formula is C15H17NO7. The molecule has 23 heavy (non-hydrogen) atoms. The molecule has 4 rings (SSSR count). The summed E-state index contributed by atoms with van der Waals surface area (Å²) < 4.78 is 22.0. The number of aliphatic hydroxyl groups is 1. The van der Waals surface area contributed by atoms with Crippen LogP contribution in [0, 0.1) is 10.1 Å². The van der Waals surface area contributed by atoms with Crippen molar-refractivity contribution in [2.45, 2.75) is 36.7 Å². The summed E-state index contributed by atoms with van der Waals surface area (Å²) in [6.45, 7) is 1.01. The molecule has 2 fully saturated rings. The molecule has 1 spiro atoms. The molecule has 1 aromatic carbocycles. The zero-order valence-electron chi connectivity index (χ0n) is 12.3. The third-order valence-electron chi connectivity index (χ3n) is 4.74. The van der Waals surface area contributed by atoms with Gasteiger partial charge in [0.1, 0.15) is 6.10 Å². The van der Waals surface area contributed by atoms with Gasteiger partial charge in [0.2, 0.25) is 12.8 Å². The first kappa shape index (κ1) is 14.7. The van der Waals surface area contributed by atoms with E-state index in [9.17, 15) is 15.2 Å². The number of fused-ring (bicyclic) bond motifs is 1. The molecule has 0 aromatic heterocycles. The summed E-state index contributed by atoms with van der Waals surface area (Å²) in [4.78, 5) is 11.1. The molecule has 1 aromatic rings. The second kappa shape index (κ2) is 5.33. The van der Waals surface area contributed by atoms with Crippen LogP contribution in [0.15, 0.2) is 18.2 Å². The van der Waals surface area contributed by atoms with E-state index in [1.165, 1.54) is 0 Å². The van der Waals surface area contributed by atoms with Gasteiger partial charge in [-0.25, -0.2) is 0 Å². The summed E-state index contributed by atoms with van der Waals surface area (Å²) in [6, 6.07) is 4.15. The zero-order chi connectivity index (χ0) is 16.0. The highest BCUT2D eigenvalue weighted by molar-refractivity contribution is 5.46. The topological polar surface area (TPSA) is 100 Å². The Bertz CT molecular complexity index is 628. The number of nitrogens with zero attached hydrogens (tertiary/aromatic N) is 1. The first-order valence-electron chi connectivity index (χ1n) is 7.57. The average Bonchev–Trinajstić information content (AvgIpc) is 3.14. The van der Waals surface area contributed by atoms with Crippen LogP contribution in [0.1, 0.15) is 24.3 Å². The van der Waals surface area contributed by atoms with Crippen molar-refractivity contribution in [1.82, 2.24) is 0 Å². The normalized spacial score (nSPS) is 31.4. The van der Waals surface area contributed by atoms with Crippen molar-refractivity contribution in [3.8, 4) is 11.5 Å². The molecule has 2 aliphatic heterocycles. The third kappa shape index (κ3) is 2.43. The van der Waals surface area contributed by atoms with Crippen molar-refractivity contribution in [1.29, 1.82) is 0 Å². The van der Waals surface area contributed by atoms with E-state index in [2.05, 4.69) is 0 Å². The lowest BCUT2D eigenvalue weighted by Crippen LogP contribution is -2.52. The van der Waals surface area contributed by atoms with Gasteiger partial charge in [0, 0.05) is 17.8 Å². The largest absolute Gasteiger partial charge is 0.454 e. The van der Waals surface area contributed by atoms with Gasteiger partial charge in [0.25, 0.3) is 0 Å². The van der Waals surface area contributed by atoms with Crippen LogP contribution in [-0.4, -0.2) is 48.0 Å². The summed E-state index contributed by atoms with van der Waals surface area (Å²) in [5.74, 6) is -0.286. The molecule has 8 nitrogen and oxygen atoms in total. The maximum absolute atomic E-state index is 11.5. The molecular weight excluding hydrogens is 306 g/mol. The van der Waals surface area contributed by atoms with Crippen molar-refractivity contribution in [3.63, 3.8) is 0 Å². The van der Waals surface area contributed by atoms with Crippen molar-refractivity contribution in [3.05, 3.63) is 33.9 Å². The van der Waals surface area contributed by atoms with Gasteiger partial charge >= 0.3 is 0 Å². The minimum atomic E-state index is -1.13. The molecule has 1 saturated carbocycles. The van der Waals surface area contributed by atoms with E-state index in [4.69, 9.17) is 18.9 Å². The molecule has 124 valence electrons. The Balaban J connectivity index is 1.71. The zero-order valence-corrected chi connectivity index (χ0v) is 12.3. The highest BCUT2D eigenvalue weighted by Crippen LogP contribution is 2.46. The number of hydrogen-bond acceptors (Lipinski definition) is 7. The fourth-order valence-electron chi connectivity index (χ4n) is 3.73. The Hall–Kier alpha value is -1.90. The minimum absolute atomic E-state index is 0.111. The van der Waals surface area contributed by atoms with Crippen LogP contribution in [0.4, 0.5) is 0 Å². The van der Waals surface area contributed by atoms with Crippen LogP contribution in [-0.2, 0) is 9.47 Å². The van der Waals surface area contributed by atoms with Crippen molar-refractivity contribution >= 4 is 0 Å². The number of ether oxygens (including phenoxy) is 4. The molecule has 1 aliphatic carbocycles. The summed E-state index contributed by atoms with van der Waals surface area (Å²) in [7, 11) is 0. The summed E-state index contributed by atoms with van der Waals surface area (Å²) >= 11 is 0. The summed E-state index contributed by atoms with van der Waals surface area (Å²) in [6.07, 6.45) is -0.693. The maximum atomic E-state index is 11.5. The van der Waals surface area contributed by atoms with E-state index in [0.717, 1.165) is 0 Å². The first-order valence-corrected chi connectivity index (χ1v) is 7.57. The second-order valence-corrected chi connectivity index (χ2v) is 6.08. The molecule has 0 bridgehead atoms. The van der Waals surface area contributed by atoms with Crippen LogP contribution in [0.3, 0.4) is 0 Å². The maximum Gasteiger partial charge on any atom is 0.245 e. The SMILES string of the molecule is O=[N+]([O-])[C@@H]1[C@@H](c2ccc3c(c2)OCO3)CC2(C[C@@H]1O)OCCO2. The third-order valence-corrected chi connectivity index (χ3v) is 4.74. The number of benzene rings is 1. The van der Waals surface area contributed by atoms with Gasteiger partial charge in [-0.2, -0.15) is 0 Å². The number of nitro groups is 1. The van der Waals surface area contributed by atoms with Gasteiger partial charge in [-0.3, -0.25) is 10.1 Å². The summed E-state index contributed by atoms with van der Waals surface area (Å²) in [5.41, 5.74) is 0.716. The van der Waals surface area contributed by atoms with Gasteiger partial charge in [0.15, 0.2) is 17.3 Å². The van der Waals surface area contributed by atoms with E-state index < -0.39 is 28.8 Å². The van der Waals surface area contributed by atoms with Crippen LogP contribution in [0.2, 0.25) is 0 Å². The smallest absolute Gasteiger partial charge is 0.245 e. The fraction of sp³-hybridized carbons (Fsp3) is 0.600. The molecule has 0 radical (unpaired) electrons. The quantitative estimate of drug-likeness (QED) is 0.641. The van der Waals surface area contributed by atoms with E-state index in [-0.39, 0.29) is 13.2 Å². The van der Waals surface area contributed by atoms with E-state index >= 15 is 0 Å². The van der Waals surface area contributed by atoms with Crippen molar-refractivity contribution in [2.24, 2.45) is 0 Å². The molecule has 8 heteroatoms. The monoisotopic (exact) mass is 323 g/mol. The minimum Gasteiger partial charge on any atom is -0.454 e. The molecule has 3 atom stereocenters. The van der Waals surface area contributed by atoms with Crippen LogP contribution >= 0.6 is 0 Å². The van der Waals surface area contributed by atoms with Crippen LogP contribution in [0.25, 0.3) is 0 Å². The molecule has 0 amide bonds. The molecule has 1 saturated heterocycles. The Labute approximate surface area is 132 Å². The van der Waals surface area contributed by atoms with E-state index in [1.54, 1.807) is 18.2 Å².